The van der Waals surface area contributed by atoms with Gasteiger partial charge in [-0.25, -0.2) is 0 Å². The number of nitro groups is 1. The zero-order chi connectivity index (χ0) is 20.4. The molecule has 0 atom stereocenters. The van der Waals surface area contributed by atoms with Gasteiger partial charge in [0.25, 0.3) is 0 Å². The third-order valence-corrected chi connectivity index (χ3v) is 2.34. The highest BCUT2D eigenvalue weighted by Crippen LogP contribution is 2.04. The van der Waals surface area contributed by atoms with Gasteiger partial charge in [-0.1, -0.05) is 38.1 Å². The molecular formula is C19H17BN5O2. The minimum Gasteiger partial charge on any atom is -0.265 e. The third-order valence-electron chi connectivity index (χ3n) is 2.34. The van der Waals surface area contributed by atoms with Gasteiger partial charge in [-0.2, -0.15) is 21.0 Å². The summed E-state index contributed by atoms with van der Waals surface area (Å²) < 4.78 is 0. The SMILES string of the molecule is CC.C[N+](=O)[O-].N#Cc1ccccc1C#N.N#Cc1ccccc1C#N.[B]. The van der Waals surface area contributed by atoms with Crippen LogP contribution in [0.1, 0.15) is 36.1 Å². The van der Waals surface area contributed by atoms with Crippen LogP contribution in [0.4, 0.5) is 0 Å². The Balaban J connectivity index is -0.000000323. The van der Waals surface area contributed by atoms with Crippen LogP contribution in [0.15, 0.2) is 48.5 Å². The molecule has 2 aromatic carbocycles. The molecule has 0 heterocycles. The second-order valence-electron chi connectivity index (χ2n) is 3.98. The molecule has 3 radical (unpaired) electrons. The third kappa shape index (κ3) is 12.9. The second-order valence-corrected chi connectivity index (χ2v) is 3.98. The van der Waals surface area contributed by atoms with Crippen molar-refractivity contribution in [1.82, 2.24) is 0 Å². The Morgan fingerprint density at radius 2 is 0.852 bits per heavy atom. The van der Waals surface area contributed by atoms with Crippen LogP contribution in [0, 0.1) is 55.4 Å². The second kappa shape index (κ2) is 18.2. The van der Waals surface area contributed by atoms with E-state index >= 15 is 0 Å². The number of hydrogen-bond acceptors (Lipinski definition) is 6. The molecule has 0 N–H and O–H groups in total. The molecule has 7 nitrogen and oxygen atoms in total. The van der Waals surface area contributed by atoms with Gasteiger partial charge in [-0.15, -0.1) is 0 Å². The van der Waals surface area contributed by atoms with Crippen molar-refractivity contribution in [3.05, 3.63) is 80.9 Å². The number of nitriles is 4. The molecule has 0 bridgehead atoms. The van der Waals surface area contributed by atoms with Crippen LogP contribution >= 0.6 is 0 Å². The molecule has 0 unspecified atom stereocenters. The number of nitrogens with zero attached hydrogens (tertiary/aromatic N) is 5. The highest BCUT2D eigenvalue weighted by Gasteiger charge is 1.96. The van der Waals surface area contributed by atoms with Crippen LogP contribution in [0.5, 0.6) is 0 Å². The first-order valence-corrected chi connectivity index (χ1v) is 7.36. The lowest BCUT2D eigenvalue weighted by atomic mass is 10.1. The largest absolute Gasteiger partial charge is 0.265 e. The van der Waals surface area contributed by atoms with E-state index in [1.165, 1.54) is 0 Å². The van der Waals surface area contributed by atoms with Gasteiger partial charge in [0, 0.05) is 13.3 Å². The van der Waals surface area contributed by atoms with Crippen molar-refractivity contribution in [3.8, 4) is 24.3 Å². The molecule has 0 aromatic heterocycles. The van der Waals surface area contributed by atoms with Crippen LogP contribution in [-0.2, 0) is 0 Å². The van der Waals surface area contributed by atoms with Crippen molar-refractivity contribution in [3.63, 3.8) is 0 Å². The average molecular weight is 358 g/mol. The van der Waals surface area contributed by atoms with Gasteiger partial charge >= 0.3 is 0 Å². The van der Waals surface area contributed by atoms with E-state index in [1.807, 2.05) is 38.1 Å². The van der Waals surface area contributed by atoms with E-state index in [0.29, 0.717) is 22.3 Å². The molecule has 27 heavy (non-hydrogen) atoms. The molecule has 0 fully saturated rings. The molecule has 0 aliphatic heterocycles. The molecule has 133 valence electrons. The van der Waals surface area contributed by atoms with Crippen LogP contribution in [0.25, 0.3) is 0 Å². The zero-order valence-corrected chi connectivity index (χ0v) is 15.2. The lowest BCUT2D eigenvalue weighted by Crippen LogP contribution is -1.79. The fourth-order valence-electron chi connectivity index (χ4n) is 1.36. The highest BCUT2D eigenvalue weighted by molar-refractivity contribution is 5.75. The maximum atomic E-state index is 8.81. The predicted octanol–water partition coefficient (Wildman–Crippen LogP) is 3.40. The minimum atomic E-state index is -0.500. The van der Waals surface area contributed by atoms with Crippen molar-refractivity contribution in [2.45, 2.75) is 13.8 Å². The summed E-state index contributed by atoms with van der Waals surface area (Å²) in [5.41, 5.74) is 1.74. The van der Waals surface area contributed by atoms with Crippen LogP contribution in [0.2, 0.25) is 0 Å². The topological polar surface area (TPSA) is 138 Å². The maximum Gasteiger partial charge on any atom is 0.194 e. The van der Waals surface area contributed by atoms with Crippen molar-refractivity contribution in [2.24, 2.45) is 0 Å². The Morgan fingerprint density at radius 3 is 0.963 bits per heavy atom. The Labute approximate surface area is 161 Å². The Morgan fingerprint density at radius 1 is 0.704 bits per heavy atom. The molecule has 0 aliphatic carbocycles. The zero-order valence-electron chi connectivity index (χ0n) is 15.2. The van der Waals surface area contributed by atoms with Gasteiger partial charge in [0.05, 0.1) is 22.3 Å². The molecule has 0 spiro atoms. The summed E-state index contributed by atoms with van der Waals surface area (Å²) in [6, 6.07) is 21.1. The molecule has 2 aromatic rings. The first kappa shape index (κ1) is 27.7. The number of benzene rings is 2. The van der Waals surface area contributed by atoms with E-state index in [9.17, 15) is 0 Å². The van der Waals surface area contributed by atoms with E-state index in [2.05, 4.69) is 0 Å². The van der Waals surface area contributed by atoms with Gasteiger partial charge in [0.15, 0.2) is 7.05 Å². The van der Waals surface area contributed by atoms with Crippen molar-refractivity contribution in [2.75, 3.05) is 7.05 Å². The Hall–Kier alpha value is -4.14. The van der Waals surface area contributed by atoms with Gasteiger partial charge in [0.1, 0.15) is 24.3 Å². The van der Waals surface area contributed by atoms with Crippen molar-refractivity contribution >= 4 is 8.41 Å². The smallest absolute Gasteiger partial charge is 0.194 e. The monoisotopic (exact) mass is 358 g/mol. The van der Waals surface area contributed by atoms with E-state index in [0.717, 1.165) is 7.05 Å². The highest BCUT2D eigenvalue weighted by atomic mass is 16.6. The maximum absolute atomic E-state index is 8.81. The van der Waals surface area contributed by atoms with E-state index in [1.54, 1.807) is 48.5 Å². The lowest BCUT2D eigenvalue weighted by Gasteiger charge is -1.88. The summed E-state index contributed by atoms with van der Waals surface area (Å²) in [5.74, 6) is 0. The molecular weight excluding hydrogens is 341 g/mol. The summed E-state index contributed by atoms with van der Waals surface area (Å²) >= 11 is 0. The summed E-state index contributed by atoms with van der Waals surface area (Å²) in [6.45, 7) is 4.00. The molecule has 0 saturated heterocycles. The molecule has 2 rings (SSSR count). The summed E-state index contributed by atoms with van der Waals surface area (Å²) in [5, 5.41) is 42.6. The minimum absolute atomic E-state index is 0. The van der Waals surface area contributed by atoms with E-state index in [-0.39, 0.29) is 8.41 Å². The van der Waals surface area contributed by atoms with Crippen molar-refractivity contribution < 1.29 is 4.92 Å². The van der Waals surface area contributed by atoms with E-state index < -0.39 is 4.92 Å². The first-order valence-electron chi connectivity index (χ1n) is 7.36. The van der Waals surface area contributed by atoms with Gasteiger partial charge in [-0.05, 0) is 24.3 Å². The predicted molar refractivity (Wildman–Crippen MR) is 102 cm³/mol. The number of hydrogen-bond donors (Lipinski definition) is 0. The lowest BCUT2D eigenvalue weighted by molar-refractivity contribution is -0.445. The normalized spacial score (nSPS) is 6.93. The van der Waals surface area contributed by atoms with Crippen LogP contribution in [0.3, 0.4) is 0 Å². The molecule has 0 aliphatic rings. The summed E-state index contributed by atoms with van der Waals surface area (Å²) in [7, 11) is 0.889. The van der Waals surface area contributed by atoms with Crippen molar-refractivity contribution in [1.29, 1.82) is 21.0 Å². The summed E-state index contributed by atoms with van der Waals surface area (Å²) in [6.07, 6.45) is 0. The quantitative estimate of drug-likeness (QED) is 0.402. The Kier molecular flexibility index (Phi) is 18.7. The standard InChI is InChI=1S/2C8H4N2.C2H6.CH3NO2.B/c2*9-5-7-3-1-2-4-8(7)6-10;1-2;1-2(3)4;/h2*1-4H;1-2H3;1H3;. The summed E-state index contributed by atoms with van der Waals surface area (Å²) in [4.78, 5) is 8.31. The van der Waals surface area contributed by atoms with Gasteiger partial charge < -0.3 is 0 Å². The average Bonchev–Trinajstić information content (AvgIpc) is 2.69. The number of rotatable bonds is 0. The fourth-order valence-corrected chi connectivity index (χ4v) is 1.36. The van der Waals surface area contributed by atoms with Crippen LogP contribution in [-0.4, -0.2) is 20.4 Å². The Bertz CT molecular complexity index is 734. The van der Waals surface area contributed by atoms with Gasteiger partial charge in [0.2, 0.25) is 0 Å². The molecule has 0 amide bonds. The first-order chi connectivity index (χ1) is 12.5. The fraction of sp³-hybridized carbons (Fsp3) is 0.158. The molecule has 0 saturated carbocycles. The molecule has 8 heteroatoms. The van der Waals surface area contributed by atoms with E-state index in [4.69, 9.17) is 31.2 Å². The van der Waals surface area contributed by atoms with Gasteiger partial charge in [-0.3, -0.25) is 10.1 Å². The van der Waals surface area contributed by atoms with Crippen LogP contribution < -0.4 is 0 Å².